The Morgan fingerprint density at radius 1 is 1.28 bits per heavy atom. The largest absolute Gasteiger partial charge is 0.484 e. The van der Waals surface area contributed by atoms with Gasteiger partial charge in [-0.25, -0.2) is 0 Å². The fourth-order valence-corrected chi connectivity index (χ4v) is 1.23. The molecule has 1 aromatic carbocycles. The number of hydrogen-bond acceptors (Lipinski definition) is 3. The van der Waals surface area contributed by atoms with Crippen molar-refractivity contribution in [3.63, 3.8) is 0 Å². The summed E-state index contributed by atoms with van der Waals surface area (Å²) in [5, 5.41) is 2.74. The summed E-state index contributed by atoms with van der Waals surface area (Å²) in [5.74, 6) is 0.280. The van der Waals surface area contributed by atoms with Crippen molar-refractivity contribution in [2.45, 2.75) is 13.8 Å². The summed E-state index contributed by atoms with van der Waals surface area (Å²) in [5.41, 5.74) is 5.52. The Kier molecular flexibility index (Phi) is 5.17. The van der Waals surface area contributed by atoms with Crippen LogP contribution in [0.4, 0.5) is 0 Å². The van der Waals surface area contributed by atoms with Crippen LogP contribution >= 0.6 is 0 Å². The summed E-state index contributed by atoms with van der Waals surface area (Å²) in [6.45, 7) is 4.62. The van der Waals surface area contributed by atoms with Crippen molar-refractivity contribution in [1.82, 2.24) is 5.32 Å². The maximum atomic E-state index is 11.4. The number of carbonyl (C=O) groups excluding carboxylic acids is 2. The molecule has 5 nitrogen and oxygen atoms in total. The first kappa shape index (κ1) is 14.0. The van der Waals surface area contributed by atoms with Gasteiger partial charge in [0.05, 0.1) is 0 Å². The van der Waals surface area contributed by atoms with Crippen molar-refractivity contribution < 1.29 is 14.3 Å². The molecule has 0 unspecified atom stereocenters. The molecule has 0 fully saturated rings. The van der Waals surface area contributed by atoms with E-state index >= 15 is 0 Å². The van der Waals surface area contributed by atoms with Gasteiger partial charge in [-0.1, -0.05) is 13.8 Å². The van der Waals surface area contributed by atoms with Crippen molar-refractivity contribution in [3.05, 3.63) is 29.8 Å². The third-order valence-corrected chi connectivity index (χ3v) is 2.22. The molecule has 0 aliphatic carbocycles. The van der Waals surface area contributed by atoms with Crippen LogP contribution in [0.25, 0.3) is 0 Å². The third-order valence-electron chi connectivity index (χ3n) is 2.22. The van der Waals surface area contributed by atoms with E-state index in [4.69, 9.17) is 10.5 Å². The van der Waals surface area contributed by atoms with Gasteiger partial charge in [-0.2, -0.15) is 0 Å². The van der Waals surface area contributed by atoms with E-state index in [0.29, 0.717) is 23.8 Å². The van der Waals surface area contributed by atoms with Gasteiger partial charge in [-0.05, 0) is 30.2 Å². The molecular weight excluding hydrogens is 232 g/mol. The molecule has 98 valence electrons. The molecule has 5 heteroatoms. The predicted octanol–water partition coefficient (Wildman–Crippen LogP) is 0.936. The molecule has 3 N–H and O–H groups in total. The number of nitrogens with one attached hydrogen (secondary N) is 1. The first-order valence-corrected chi connectivity index (χ1v) is 5.78. The smallest absolute Gasteiger partial charge is 0.257 e. The van der Waals surface area contributed by atoms with E-state index in [0.717, 1.165) is 0 Å². The van der Waals surface area contributed by atoms with E-state index in [2.05, 4.69) is 5.32 Å². The van der Waals surface area contributed by atoms with E-state index < -0.39 is 5.91 Å². The van der Waals surface area contributed by atoms with Gasteiger partial charge in [-0.3, -0.25) is 9.59 Å². The molecule has 0 bridgehead atoms. The van der Waals surface area contributed by atoms with Gasteiger partial charge in [-0.15, -0.1) is 0 Å². The number of rotatable bonds is 6. The average Bonchev–Trinajstić information content (AvgIpc) is 2.34. The number of ether oxygens (including phenoxy) is 1. The van der Waals surface area contributed by atoms with Gasteiger partial charge in [0.15, 0.2) is 6.61 Å². The average molecular weight is 250 g/mol. The molecule has 0 radical (unpaired) electrons. The van der Waals surface area contributed by atoms with Crippen LogP contribution in [0.3, 0.4) is 0 Å². The van der Waals surface area contributed by atoms with Crippen molar-refractivity contribution in [3.8, 4) is 5.75 Å². The lowest BCUT2D eigenvalue weighted by Crippen LogP contribution is -2.31. The SMILES string of the molecule is CC(C)CNC(=O)COc1ccc(C(N)=O)cc1. The topological polar surface area (TPSA) is 81.4 Å². The van der Waals surface area contributed by atoms with Crippen LogP contribution in [0.15, 0.2) is 24.3 Å². The number of primary amides is 1. The molecule has 0 aromatic heterocycles. The second-order valence-electron chi connectivity index (χ2n) is 4.38. The number of carbonyl (C=O) groups is 2. The molecule has 1 rings (SSSR count). The van der Waals surface area contributed by atoms with Crippen molar-refractivity contribution in [2.24, 2.45) is 11.7 Å². The maximum absolute atomic E-state index is 11.4. The first-order valence-electron chi connectivity index (χ1n) is 5.78. The van der Waals surface area contributed by atoms with Crippen LogP contribution in [0, 0.1) is 5.92 Å². The van der Waals surface area contributed by atoms with Gasteiger partial charge in [0.1, 0.15) is 5.75 Å². The van der Waals surface area contributed by atoms with Gasteiger partial charge in [0, 0.05) is 12.1 Å². The lowest BCUT2D eigenvalue weighted by atomic mass is 10.2. The number of hydrogen-bond donors (Lipinski definition) is 2. The maximum Gasteiger partial charge on any atom is 0.257 e. The summed E-state index contributed by atoms with van der Waals surface area (Å²) in [6.07, 6.45) is 0. The van der Waals surface area contributed by atoms with Crippen LogP contribution in [-0.4, -0.2) is 25.0 Å². The molecule has 18 heavy (non-hydrogen) atoms. The standard InChI is InChI=1S/C13H18N2O3/c1-9(2)7-15-12(16)8-18-11-5-3-10(4-6-11)13(14)17/h3-6,9H,7-8H2,1-2H3,(H2,14,17)(H,15,16). The monoisotopic (exact) mass is 250 g/mol. The minimum absolute atomic E-state index is 0.0390. The number of amides is 2. The Morgan fingerprint density at radius 3 is 2.39 bits per heavy atom. The quantitative estimate of drug-likeness (QED) is 0.788. The molecule has 0 saturated heterocycles. The Labute approximate surface area is 106 Å². The van der Waals surface area contributed by atoms with E-state index in [9.17, 15) is 9.59 Å². The summed E-state index contributed by atoms with van der Waals surface area (Å²) in [4.78, 5) is 22.2. The van der Waals surface area contributed by atoms with Crippen molar-refractivity contribution >= 4 is 11.8 Å². The molecule has 0 aliphatic rings. The zero-order valence-electron chi connectivity index (χ0n) is 10.6. The number of benzene rings is 1. The molecule has 0 heterocycles. The Hall–Kier alpha value is -2.04. The van der Waals surface area contributed by atoms with Crippen LogP contribution < -0.4 is 15.8 Å². The van der Waals surface area contributed by atoms with E-state index in [1.165, 1.54) is 0 Å². The lowest BCUT2D eigenvalue weighted by Gasteiger charge is -2.09. The second-order valence-corrected chi connectivity index (χ2v) is 4.38. The Bertz CT molecular complexity index is 413. The fraction of sp³-hybridized carbons (Fsp3) is 0.385. The molecule has 0 aliphatic heterocycles. The Morgan fingerprint density at radius 2 is 1.89 bits per heavy atom. The zero-order chi connectivity index (χ0) is 13.5. The highest BCUT2D eigenvalue weighted by molar-refractivity contribution is 5.92. The summed E-state index contributed by atoms with van der Waals surface area (Å²) in [6, 6.07) is 6.33. The zero-order valence-corrected chi connectivity index (χ0v) is 10.6. The molecule has 0 atom stereocenters. The molecule has 0 saturated carbocycles. The van der Waals surface area contributed by atoms with Crippen LogP contribution in [-0.2, 0) is 4.79 Å². The fourth-order valence-electron chi connectivity index (χ4n) is 1.23. The van der Waals surface area contributed by atoms with E-state index in [1.54, 1.807) is 24.3 Å². The predicted molar refractivity (Wildman–Crippen MR) is 68.3 cm³/mol. The minimum atomic E-state index is -0.490. The van der Waals surface area contributed by atoms with E-state index in [-0.39, 0.29) is 12.5 Å². The van der Waals surface area contributed by atoms with Gasteiger partial charge < -0.3 is 15.8 Å². The summed E-state index contributed by atoms with van der Waals surface area (Å²) in [7, 11) is 0. The summed E-state index contributed by atoms with van der Waals surface area (Å²) >= 11 is 0. The highest BCUT2D eigenvalue weighted by Crippen LogP contribution is 2.11. The lowest BCUT2D eigenvalue weighted by molar-refractivity contribution is -0.123. The van der Waals surface area contributed by atoms with Gasteiger partial charge in [0.2, 0.25) is 5.91 Å². The highest BCUT2D eigenvalue weighted by atomic mass is 16.5. The molecule has 0 spiro atoms. The molecule has 2 amide bonds. The van der Waals surface area contributed by atoms with Crippen molar-refractivity contribution in [1.29, 1.82) is 0 Å². The Balaban J connectivity index is 2.39. The van der Waals surface area contributed by atoms with Gasteiger partial charge in [0.25, 0.3) is 5.91 Å². The van der Waals surface area contributed by atoms with Crippen LogP contribution in [0.5, 0.6) is 5.75 Å². The summed E-state index contributed by atoms with van der Waals surface area (Å²) < 4.78 is 5.27. The number of nitrogens with two attached hydrogens (primary N) is 1. The van der Waals surface area contributed by atoms with E-state index in [1.807, 2.05) is 13.8 Å². The molecular formula is C13H18N2O3. The van der Waals surface area contributed by atoms with Crippen LogP contribution in [0.2, 0.25) is 0 Å². The van der Waals surface area contributed by atoms with Crippen LogP contribution in [0.1, 0.15) is 24.2 Å². The molecule has 1 aromatic rings. The normalized spacial score (nSPS) is 10.2. The first-order chi connectivity index (χ1) is 8.49. The highest BCUT2D eigenvalue weighted by Gasteiger charge is 2.04. The minimum Gasteiger partial charge on any atom is -0.484 e. The van der Waals surface area contributed by atoms with Crippen molar-refractivity contribution in [2.75, 3.05) is 13.2 Å². The third kappa shape index (κ3) is 4.86. The second kappa shape index (κ2) is 6.64. The van der Waals surface area contributed by atoms with Gasteiger partial charge >= 0.3 is 0 Å².